The van der Waals surface area contributed by atoms with Gasteiger partial charge < -0.3 is 19.4 Å². The van der Waals surface area contributed by atoms with Crippen molar-refractivity contribution in [3.63, 3.8) is 0 Å². The summed E-state index contributed by atoms with van der Waals surface area (Å²) in [4.78, 5) is 10.8. The summed E-state index contributed by atoms with van der Waals surface area (Å²) in [5.41, 5.74) is 10.9. The Morgan fingerprint density at radius 1 is 0.500 bits per heavy atom. The first-order valence-corrected chi connectivity index (χ1v) is 22.6. The number of anilines is 7. The third-order valence-corrected chi connectivity index (χ3v) is 12.5. The molecule has 2 aliphatic heterocycles. The molecule has 0 fully saturated rings. The maximum absolute atomic E-state index is 9.08. The summed E-state index contributed by atoms with van der Waals surface area (Å²) in [5, 5.41) is 0. The summed E-state index contributed by atoms with van der Waals surface area (Å²) in [5.74, 6) is 1.49. The molecule has 9 aromatic carbocycles. The van der Waals surface area contributed by atoms with Crippen LogP contribution in [0.3, 0.4) is 0 Å². The van der Waals surface area contributed by atoms with E-state index >= 15 is 0 Å². The van der Waals surface area contributed by atoms with Crippen LogP contribution in [0.5, 0.6) is 11.5 Å². The van der Waals surface area contributed by atoms with Gasteiger partial charge in [0.1, 0.15) is 5.82 Å². The van der Waals surface area contributed by atoms with Crippen LogP contribution in [0.1, 0.15) is 40.0 Å². The number of hydrogen-bond donors (Lipinski definition) is 0. The third kappa shape index (κ3) is 8.16. The van der Waals surface area contributed by atoms with Crippen molar-refractivity contribution < 1.29 is 39.5 Å². The minimum absolute atomic E-state index is 0. The number of ether oxygens (including phenoxy) is 1. The molecule has 0 atom stereocenters. The molecule has 10 aromatic rings. The number of rotatable bonds is 8. The Kier molecular flexibility index (Phi) is 9.07. The number of aromatic nitrogens is 1. The van der Waals surface area contributed by atoms with Gasteiger partial charge in [0.25, 0.3) is 0 Å². The van der Waals surface area contributed by atoms with Gasteiger partial charge >= 0.3 is 0 Å². The molecule has 1 aromatic heterocycles. The molecule has 0 radical (unpaired) electrons. The van der Waals surface area contributed by atoms with Gasteiger partial charge in [-0.3, -0.25) is 0 Å². The van der Waals surface area contributed by atoms with Crippen LogP contribution in [0, 0.1) is 18.8 Å². The molecule has 0 N–H and O–H groups in total. The van der Waals surface area contributed by atoms with Gasteiger partial charge in [0.15, 0.2) is 0 Å². The first-order chi connectivity index (χ1) is 38.0. The summed E-state index contributed by atoms with van der Waals surface area (Å²) < 4.78 is 94.4. The molecule has 2 aliphatic rings. The Hall–Kier alpha value is -7.98. The van der Waals surface area contributed by atoms with E-state index in [1.165, 1.54) is 0 Å². The fraction of sp³-hybridized carbons (Fsp3) is 0.0625. The van der Waals surface area contributed by atoms with Crippen molar-refractivity contribution in [1.29, 1.82) is 0 Å². The van der Waals surface area contributed by atoms with Crippen LogP contribution in [0.4, 0.5) is 39.9 Å². The molecule has 5 nitrogen and oxygen atoms in total. The Balaban J connectivity index is 0.00000675. The summed E-state index contributed by atoms with van der Waals surface area (Å²) in [7, 11) is 0. The van der Waals surface area contributed by atoms with Crippen LogP contribution in [0.15, 0.2) is 224 Å². The standard InChI is InChI=1S/C64H47N4O.Pt/c1-64(2,3)48-37-38-65-62(40-48)68-58-30-14-13-27-55(58)57-39-47(44-19-7-4-8-20-44)33-35-54(57)56-36-34-51(42-61(56)68)69-50-26-17-25-49(41-50)66-43-67(60-32-16-15-31-59(60)66)63-52(45-21-9-5-10-22-45)28-18-29-53(63)46-23-11-6-12-24-46;/h4-40,43H,1-3H3;/q-3;/i5D,6D,9D,10D,11D,12D,21D,22D,23D,24D;. The van der Waals surface area contributed by atoms with E-state index in [2.05, 4.69) is 105 Å². The molecule has 342 valence electrons. The number of pyridine rings is 1. The monoisotopic (exact) mass is 1090 g/mol. The molecule has 70 heavy (non-hydrogen) atoms. The van der Waals surface area contributed by atoms with Gasteiger partial charge in [-0.05, 0) is 75.2 Å². The van der Waals surface area contributed by atoms with Crippen LogP contribution in [0.25, 0.3) is 55.6 Å². The van der Waals surface area contributed by atoms with Crippen molar-refractivity contribution in [3.05, 3.63) is 249 Å². The Morgan fingerprint density at radius 2 is 1.11 bits per heavy atom. The number of nitrogens with zero attached hydrogens (tertiary/aromatic N) is 4. The van der Waals surface area contributed by atoms with Crippen molar-refractivity contribution in [2.75, 3.05) is 14.7 Å². The number of benzene rings is 9. The molecule has 0 spiro atoms. The van der Waals surface area contributed by atoms with E-state index in [1.54, 1.807) is 35.8 Å². The molecule has 0 aliphatic carbocycles. The molecule has 0 amide bonds. The first-order valence-electron chi connectivity index (χ1n) is 27.6. The van der Waals surface area contributed by atoms with Gasteiger partial charge in [0.05, 0.1) is 19.4 Å². The Bertz CT molecular complexity index is 3990. The predicted octanol–water partition coefficient (Wildman–Crippen LogP) is 17.3. The molecular weight excluding hydrogens is 1040 g/mol. The van der Waals surface area contributed by atoms with E-state index in [0.29, 0.717) is 28.6 Å². The van der Waals surface area contributed by atoms with Crippen LogP contribution in [0.2, 0.25) is 0 Å². The second-order valence-electron chi connectivity index (χ2n) is 17.8. The van der Waals surface area contributed by atoms with E-state index in [4.69, 9.17) is 23.4 Å². The maximum atomic E-state index is 9.08. The van der Waals surface area contributed by atoms with Crippen LogP contribution < -0.4 is 19.4 Å². The quantitative estimate of drug-likeness (QED) is 0.142. The SMILES string of the molecule is [2H]c1c([2H])c([2H])c(-c2cccc(-c3c([2H])c([2H])c([2H])c([2H])c3[2H])c2N2[CH-]N(c3[c-]c(Oc4[c-]c5c(cc4)-c4ccc(-c6ccccc6)cc4-c4ccccc4N5c4cc(C(C)(C)C)ccn4)ccc3)c3ccccc32)c([2H])c1[2H].[Pt]. The molecule has 12 rings (SSSR count). The number of fused-ring (bicyclic) bond motifs is 6. The first kappa shape index (κ1) is 34.3. The average molecular weight is 1090 g/mol. The smallest absolute Gasteiger partial charge is 0.135 e. The second kappa shape index (κ2) is 18.5. The van der Waals surface area contributed by atoms with Crippen molar-refractivity contribution in [2.45, 2.75) is 26.2 Å². The fourth-order valence-electron chi connectivity index (χ4n) is 9.20. The van der Waals surface area contributed by atoms with Gasteiger partial charge in [0, 0.05) is 72.5 Å². The topological polar surface area (TPSA) is 31.8 Å². The number of hydrogen-bond acceptors (Lipinski definition) is 5. The van der Waals surface area contributed by atoms with Gasteiger partial charge in [-0.25, -0.2) is 4.98 Å². The molecule has 0 saturated carbocycles. The van der Waals surface area contributed by atoms with Crippen LogP contribution >= 0.6 is 0 Å². The predicted molar refractivity (Wildman–Crippen MR) is 284 cm³/mol. The zero-order chi connectivity index (χ0) is 55.2. The molecule has 0 unspecified atom stereocenters. The van der Waals surface area contributed by atoms with Crippen molar-refractivity contribution in [1.82, 2.24) is 4.98 Å². The third-order valence-electron chi connectivity index (χ3n) is 12.5. The van der Waals surface area contributed by atoms with Gasteiger partial charge in [-0.1, -0.05) is 183 Å². The minimum atomic E-state index is -0.569. The van der Waals surface area contributed by atoms with E-state index in [0.717, 1.165) is 56.1 Å². The Labute approximate surface area is 439 Å². The zero-order valence-electron chi connectivity index (χ0n) is 48.2. The molecule has 0 bridgehead atoms. The largest absolute Gasteiger partial charge is 0.509 e. The van der Waals surface area contributed by atoms with Gasteiger partial charge in [-0.2, -0.15) is 12.1 Å². The van der Waals surface area contributed by atoms with Crippen molar-refractivity contribution in [3.8, 4) is 67.1 Å². The average Bonchev–Trinajstić information content (AvgIpc) is 3.90. The van der Waals surface area contributed by atoms with E-state index in [9.17, 15) is 0 Å². The molecule has 6 heteroatoms. The summed E-state index contributed by atoms with van der Waals surface area (Å²) in [6.07, 6.45) is 1.85. The van der Waals surface area contributed by atoms with Crippen LogP contribution in [-0.4, -0.2) is 4.98 Å². The normalized spacial score (nSPS) is 14.5. The molecular formula is C64H47N4OPt-3. The second-order valence-corrected chi connectivity index (χ2v) is 17.8. The van der Waals surface area contributed by atoms with E-state index in [-0.39, 0.29) is 54.4 Å². The fourth-order valence-corrected chi connectivity index (χ4v) is 9.20. The van der Waals surface area contributed by atoms with Gasteiger partial charge in [-0.15, -0.1) is 48.3 Å². The van der Waals surface area contributed by atoms with E-state index in [1.807, 2.05) is 77.8 Å². The van der Waals surface area contributed by atoms with Crippen molar-refractivity contribution >= 4 is 39.9 Å². The van der Waals surface area contributed by atoms with E-state index < -0.39 is 60.4 Å². The summed E-state index contributed by atoms with van der Waals surface area (Å²) in [6.45, 7) is 8.29. The minimum Gasteiger partial charge on any atom is -0.509 e. The Morgan fingerprint density at radius 3 is 1.83 bits per heavy atom. The molecule has 3 heterocycles. The summed E-state index contributed by atoms with van der Waals surface area (Å²) in [6, 6.07) is 53.1. The zero-order valence-corrected chi connectivity index (χ0v) is 40.5. The van der Waals surface area contributed by atoms with Gasteiger partial charge in [0.2, 0.25) is 0 Å². The van der Waals surface area contributed by atoms with Crippen LogP contribution in [-0.2, 0) is 26.5 Å². The maximum Gasteiger partial charge on any atom is 0.135 e. The summed E-state index contributed by atoms with van der Waals surface area (Å²) >= 11 is 0. The molecule has 0 saturated heterocycles. The van der Waals surface area contributed by atoms with Crippen molar-refractivity contribution in [2.24, 2.45) is 0 Å². The number of para-hydroxylation sites is 4.